The highest BCUT2D eigenvalue weighted by atomic mass is 32.2. The molecular weight excluding hydrogens is 286 g/mol. The second kappa shape index (κ2) is 8.35. The molecule has 0 radical (unpaired) electrons. The SMILES string of the molecule is CCCNC(c1nccn1CCC)C1SCCSC1C. The van der Waals surface area contributed by atoms with Crippen LogP contribution in [0.25, 0.3) is 0 Å². The van der Waals surface area contributed by atoms with Crippen molar-refractivity contribution < 1.29 is 0 Å². The molecule has 2 rings (SSSR count). The maximum absolute atomic E-state index is 4.68. The largest absolute Gasteiger partial charge is 0.334 e. The fourth-order valence-corrected chi connectivity index (χ4v) is 5.61. The van der Waals surface area contributed by atoms with Gasteiger partial charge < -0.3 is 9.88 Å². The van der Waals surface area contributed by atoms with E-state index in [9.17, 15) is 0 Å². The van der Waals surface area contributed by atoms with Crippen molar-refractivity contribution >= 4 is 23.5 Å². The predicted octanol–water partition coefficient (Wildman–Crippen LogP) is 3.57. The van der Waals surface area contributed by atoms with Gasteiger partial charge in [-0.15, -0.1) is 0 Å². The van der Waals surface area contributed by atoms with Crippen molar-refractivity contribution in [3.63, 3.8) is 0 Å². The molecule has 1 N–H and O–H groups in total. The molecule has 114 valence electrons. The summed E-state index contributed by atoms with van der Waals surface area (Å²) in [6.07, 6.45) is 6.41. The van der Waals surface area contributed by atoms with Gasteiger partial charge in [0.1, 0.15) is 5.82 Å². The van der Waals surface area contributed by atoms with Crippen LogP contribution in [0.3, 0.4) is 0 Å². The summed E-state index contributed by atoms with van der Waals surface area (Å²) in [7, 11) is 0. The van der Waals surface area contributed by atoms with Gasteiger partial charge in [0.05, 0.1) is 6.04 Å². The first-order valence-corrected chi connectivity index (χ1v) is 9.85. The van der Waals surface area contributed by atoms with Gasteiger partial charge in [-0.05, 0) is 19.4 Å². The Labute approximate surface area is 131 Å². The summed E-state index contributed by atoms with van der Waals surface area (Å²) < 4.78 is 2.33. The molecule has 5 heteroatoms. The molecule has 3 nitrogen and oxygen atoms in total. The van der Waals surface area contributed by atoms with Crippen LogP contribution in [0.4, 0.5) is 0 Å². The summed E-state index contributed by atoms with van der Waals surface area (Å²) >= 11 is 4.22. The lowest BCUT2D eigenvalue weighted by atomic mass is 10.1. The van der Waals surface area contributed by atoms with Crippen molar-refractivity contribution in [1.29, 1.82) is 0 Å². The summed E-state index contributed by atoms with van der Waals surface area (Å²) in [5, 5.41) is 5.07. The van der Waals surface area contributed by atoms with E-state index in [0.29, 0.717) is 16.5 Å². The van der Waals surface area contributed by atoms with Crippen LogP contribution in [0.2, 0.25) is 0 Å². The van der Waals surface area contributed by atoms with Gasteiger partial charge in [-0.25, -0.2) is 4.98 Å². The van der Waals surface area contributed by atoms with Crippen molar-refractivity contribution in [2.75, 3.05) is 18.1 Å². The smallest absolute Gasteiger partial charge is 0.127 e. The third-order valence-electron chi connectivity index (χ3n) is 3.67. The zero-order chi connectivity index (χ0) is 14.4. The van der Waals surface area contributed by atoms with Gasteiger partial charge in [0.15, 0.2) is 0 Å². The topological polar surface area (TPSA) is 29.9 Å². The number of nitrogens with zero attached hydrogens (tertiary/aromatic N) is 2. The van der Waals surface area contributed by atoms with Crippen molar-refractivity contribution in [3.05, 3.63) is 18.2 Å². The predicted molar refractivity (Wildman–Crippen MR) is 91.7 cm³/mol. The monoisotopic (exact) mass is 313 g/mol. The molecule has 0 spiro atoms. The molecular formula is C15H27N3S2. The van der Waals surface area contributed by atoms with E-state index in [0.717, 1.165) is 19.5 Å². The first kappa shape index (κ1) is 16.2. The van der Waals surface area contributed by atoms with Gasteiger partial charge in [-0.3, -0.25) is 0 Å². The summed E-state index contributed by atoms with van der Waals surface area (Å²) in [6.45, 7) is 8.97. The normalized spacial score (nSPS) is 24.8. The van der Waals surface area contributed by atoms with Crippen molar-refractivity contribution in [2.24, 2.45) is 0 Å². The fourth-order valence-electron chi connectivity index (χ4n) is 2.70. The van der Waals surface area contributed by atoms with Crippen molar-refractivity contribution in [3.8, 4) is 0 Å². The Morgan fingerprint density at radius 3 is 2.85 bits per heavy atom. The average molecular weight is 314 g/mol. The third kappa shape index (κ3) is 3.95. The minimum absolute atomic E-state index is 0.379. The molecule has 0 bridgehead atoms. The van der Waals surface area contributed by atoms with E-state index in [1.165, 1.54) is 23.8 Å². The van der Waals surface area contributed by atoms with E-state index in [1.54, 1.807) is 0 Å². The highest BCUT2D eigenvalue weighted by Crippen LogP contribution is 2.38. The Bertz CT molecular complexity index is 394. The fraction of sp³-hybridized carbons (Fsp3) is 0.800. The maximum atomic E-state index is 4.68. The molecule has 3 unspecified atom stereocenters. The summed E-state index contributed by atoms with van der Waals surface area (Å²) in [6, 6.07) is 0.379. The van der Waals surface area contributed by atoms with Crippen LogP contribution >= 0.6 is 23.5 Å². The number of aryl methyl sites for hydroxylation is 1. The molecule has 0 amide bonds. The van der Waals surface area contributed by atoms with Gasteiger partial charge in [-0.2, -0.15) is 23.5 Å². The lowest BCUT2D eigenvalue weighted by Crippen LogP contribution is -2.39. The van der Waals surface area contributed by atoms with Crippen LogP contribution in [0.1, 0.15) is 45.5 Å². The second-order valence-electron chi connectivity index (χ2n) is 5.32. The minimum atomic E-state index is 0.379. The van der Waals surface area contributed by atoms with Gasteiger partial charge in [0.2, 0.25) is 0 Å². The van der Waals surface area contributed by atoms with Gasteiger partial charge in [0.25, 0.3) is 0 Å². The highest BCUT2D eigenvalue weighted by molar-refractivity contribution is 8.07. The lowest BCUT2D eigenvalue weighted by Gasteiger charge is -2.35. The molecule has 2 heterocycles. The number of thioether (sulfide) groups is 2. The Morgan fingerprint density at radius 2 is 2.15 bits per heavy atom. The average Bonchev–Trinajstić information content (AvgIpc) is 2.90. The highest BCUT2D eigenvalue weighted by Gasteiger charge is 2.33. The number of imidazole rings is 1. The Balaban J connectivity index is 2.19. The minimum Gasteiger partial charge on any atom is -0.334 e. The molecule has 1 aliphatic heterocycles. The van der Waals surface area contributed by atoms with E-state index < -0.39 is 0 Å². The molecule has 1 aromatic rings. The van der Waals surface area contributed by atoms with E-state index in [2.05, 4.69) is 65.4 Å². The van der Waals surface area contributed by atoms with Crippen molar-refractivity contribution in [1.82, 2.24) is 14.9 Å². The number of hydrogen-bond acceptors (Lipinski definition) is 4. The molecule has 3 atom stereocenters. The van der Waals surface area contributed by atoms with Gasteiger partial charge >= 0.3 is 0 Å². The zero-order valence-electron chi connectivity index (χ0n) is 12.8. The second-order valence-corrected chi connectivity index (χ2v) is 8.09. The van der Waals surface area contributed by atoms with Crippen LogP contribution in [0.15, 0.2) is 12.4 Å². The van der Waals surface area contributed by atoms with Crippen LogP contribution in [-0.2, 0) is 6.54 Å². The molecule has 0 aliphatic carbocycles. The standard InChI is InChI=1S/C15H27N3S2/c1-4-6-16-13(14-12(3)19-10-11-20-14)15-17-7-9-18(15)8-5-2/h7,9,12-14,16H,4-6,8,10-11H2,1-3H3. The zero-order valence-corrected chi connectivity index (χ0v) is 14.5. The molecule has 1 saturated heterocycles. The van der Waals surface area contributed by atoms with Crippen LogP contribution in [0, 0.1) is 0 Å². The Kier molecular flexibility index (Phi) is 6.78. The number of rotatable bonds is 7. The first-order valence-electron chi connectivity index (χ1n) is 7.75. The van der Waals surface area contributed by atoms with Gasteiger partial charge in [0, 0.05) is 40.9 Å². The quantitative estimate of drug-likeness (QED) is 0.833. The van der Waals surface area contributed by atoms with Gasteiger partial charge in [-0.1, -0.05) is 20.8 Å². The van der Waals surface area contributed by atoms with Crippen LogP contribution < -0.4 is 5.32 Å². The van der Waals surface area contributed by atoms with E-state index in [-0.39, 0.29) is 0 Å². The molecule has 0 aromatic carbocycles. The third-order valence-corrected chi connectivity index (χ3v) is 6.86. The first-order chi connectivity index (χ1) is 9.77. The summed E-state index contributed by atoms with van der Waals surface area (Å²) in [4.78, 5) is 4.68. The molecule has 1 aliphatic rings. The van der Waals surface area contributed by atoms with Crippen LogP contribution in [-0.4, -0.2) is 38.1 Å². The van der Waals surface area contributed by atoms with E-state index >= 15 is 0 Å². The molecule has 20 heavy (non-hydrogen) atoms. The van der Waals surface area contributed by atoms with E-state index in [1.807, 2.05) is 6.20 Å². The number of nitrogens with one attached hydrogen (secondary N) is 1. The molecule has 1 aromatic heterocycles. The molecule has 0 saturated carbocycles. The van der Waals surface area contributed by atoms with Crippen molar-refractivity contribution in [2.45, 2.75) is 56.7 Å². The lowest BCUT2D eigenvalue weighted by molar-refractivity contribution is 0.461. The summed E-state index contributed by atoms with van der Waals surface area (Å²) in [5.74, 6) is 3.78. The summed E-state index contributed by atoms with van der Waals surface area (Å²) in [5.41, 5.74) is 0. The number of hydrogen-bond donors (Lipinski definition) is 1. The Hall–Kier alpha value is -0.130. The number of aromatic nitrogens is 2. The van der Waals surface area contributed by atoms with E-state index in [4.69, 9.17) is 0 Å². The Morgan fingerprint density at radius 1 is 1.35 bits per heavy atom. The maximum Gasteiger partial charge on any atom is 0.127 e. The van der Waals surface area contributed by atoms with Crippen LogP contribution in [0.5, 0.6) is 0 Å². The molecule has 1 fully saturated rings.